The molecule has 1 heterocycles. The second-order valence-electron chi connectivity index (χ2n) is 6.92. The van der Waals surface area contributed by atoms with Crippen molar-refractivity contribution in [1.82, 2.24) is 10.3 Å². The summed E-state index contributed by atoms with van der Waals surface area (Å²) >= 11 is 0. The minimum atomic E-state index is -1.06. The van der Waals surface area contributed by atoms with Gasteiger partial charge in [0, 0.05) is 30.1 Å². The molecule has 8 heteroatoms. The molecule has 0 aliphatic carbocycles. The molecular formula is C22H23N3O5. The number of nitrogens with one attached hydrogen (secondary N) is 1. The van der Waals surface area contributed by atoms with Gasteiger partial charge in [0.25, 0.3) is 5.91 Å². The molecule has 2 aromatic rings. The molecule has 0 bridgehead atoms. The van der Waals surface area contributed by atoms with Gasteiger partial charge in [-0.25, -0.2) is 10.2 Å². The molecule has 1 saturated heterocycles. The fourth-order valence-corrected chi connectivity index (χ4v) is 3.32. The van der Waals surface area contributed by atoms with E-state index in [0.717, 1.165) is 0 Å². The molecule has 2 aromatic carbocycles. The van der Waals surface area contributed by atoms with Crippen molar-refractivity contribution in [2.75, 3.05) is 20.2 Å². The number of nitrogens with zero attached hydrogens (tertiary/aromatic N) is 2. The molecule has 156 valence electrons. The van der Waals surface area contributed by atoms with Crippen LogP contribution < -0.4 is 10.2 Å². The average molecular weight is 409 g/mol. The zero-order chi connectivity index (χ0) is 21.5. The van der Waals surface area contributed by atoms with Crippen LogP contribution in [-0.4, -0.2) is 54.2 Å². The molecule has 0 unspecified atom stereocenters. The Balaban J connectivity index is 1.51. The van der Waals surface area contributed by atoms with Crippen LogP contribution in [-0.2, 0) is 4.79 Å². The number of carboxylic acid groups (broad SMARTS) is 1. The van der Waals surface area contributed by atoms with Gasteiger partial charge in [0.1, 0.15) is 5.75 Å². The van der Waals surface area contributed by atoms with Gasteiger partial charge in [-0.2, -0.15) is 5.10 Å². The third-order valence-electron chi connectivity index (χ3n) is 5.06. The normalized spacial score (nSPS) is 14.5. The first-order valence-corrected chi connectivity index (χ1v) is 9.58. The van der Waals surface area contributed by atoms with Crippen LogP contribution in [0.2, 0.25) is 0 Å². The van der Waals surface area contributed by atoms with E-state index in [-0.39, 0.29) is 23.3 Å². The van der Waals surface area contributed by atoms with Crippen LogP contribution in [0.15, 0.2) is 53.6 Å². The molecule has 0 saturated carbocycles. The van der Waals surface area contributed by atoms with Crippen LogP contribution in [0.1, 0.15) is 39.1 Å². The zero-order valence-electron chi connectivity index (χ0n) is 16.6. The molecule has 0 aromatic heterocycles. The lowest BCUT2D eigenvalue weighted by Crippen LogP contribution is -2.42. The second kappa shape index (κ2) is 9.69. The number of carboxylic acids is 1. The van der Waals surface area contributed by atoms with Gasteiger partial charge in [-0.3, -0.25) is 9.59 Å². The average Bonchev–Trinajstić information content (AvgIpc) is 2.79. The van der Waals surface area contributed by atoms with E-state index < -0.39 is 5.97 Å². The maximum Gasteiger partial charge on any atom is 0.336 e. The summed E-state index contributed by atoms with van der Waals surface area (Å²) in [6, 6.07) is 13.4. The van der Waals surface area contributed by atoms with Gasteiger partial charge in [-0.15, -0.1) is 0 Å². The van der Waals surface area contributed by atoms with E-state index in [1.54, 1.807) is 54.5 Å². The standard InChI is InChI=1S/C22H23N3O5/c1-30-18-8-6-16(7-9-18)21(27)25-12-10-15(11-13-25)20(26)24-23-14-17-4-2-3-5-19(17)22(28)29/h2-9,14-15H,10-13H2,1H3,(H,24,26)(H,28,29). The van der Waals surface area contributed by atoms with E-state index in [1.807, 2.05) is 0 Å². The summed E-state index contributed by atoms with van der Waals surface area (Å²) in [5.74, 6) is -0.932. The Bertz CT molecular complexity index is 948. The fourth-order valence-electron chi connectivity index (χ4n) is 3.32. The lowest BCUT2D eigenvalue weighted by atomic mass is 9.95. The molecule has 0 atom stereocenters. The highest BCUT2D eigenvalue weighted by atomic mass is 16.5. The van der Waals surface area contributed by atoms with Gasteiger partial charge in [-0.1, -0.05) is 18.2 Å². The predicted octanol–water partition coefficient (Wildman–Crippen LogP) is 2.40. The van der Waals surface area contributed by atoms with Crippen LogP contribution >= 0.6 is 0 Å². The zero-order valence-corrected chi connectivity index (χ0v) is 16.6. The number of carbonyl (C=O) groups is 3. The van der Waals surface area contributed by atoms with E-state index in [1.165, 1.54) is 12.3 Å². The topological polar surface area (TPSA) is 108 Å². The third kappa shape index (κ3) is 5.02. The van der Waals surface area contributed by atoms with Crippen LogP contribution in [0, 0.1) is 5.92 Å². The second-order valence-corrected chi connectivity index (χ2v) is 6.92. The Morgan fingerprint density at radius 3 is 2.40 bits per heavy atom. The number of amides is 2. The predicted molar refractivity (Wildman–Crippen MR) is 111 cm³/mol. The van der Waals surface area contributed by atoms with Crippen molar-refractivity contribution in [3.05, 3.63) is 65.2 Å². The summed E-state index contributed by atoms with van der Waals surface area (Å²) in [5.41, 5.74) is 3.58. The number of hydrogen-bond acceptors (Lipinski definition) is 5. The smallest absolute Gasteiger partial charge is 0.336 e. The molecule has 1 aliphatic rings. The molecule has 2 N–H and O–H groups in total. The maximum atomic E-state index is 12.6. The van der Waals surface area contributed by atoms with Gasteiger partial charge in [0.2, 0.25) is 5.91 Å². The Labute approximate surface area is 174 Å². The van der Waals surface area contributed by atoms with Crippen molar-refractivity contribution >= 4 is 24.0 Å². The van der Waals surface area contributed by atoms with Crippen LogP contribution in [0.3, 0.4) is 0 Å². The monoisotopic (exact) mass is 409 g/mol. The summed E-state index contributed by atoms with van der Waals surface area (Å²) in [6.07, 6.45) is 2.40. The summed E-state index contributed by atoms with van der Waals surface area (Å²) in [7, 11) is 1.57. The first-order valence-electron chi connectivity index (χ1n) is 9.58. The molecule has 1 aliphatic heterocycles. The minimum absolute atomic E-state index is 0.0696. The lowest BCUT2D eigenvalue weighted by Gasteiger charge is -2.31. The third-order valence-corrected chi connectivity index (χ3v) is 5.06. The Hall–Kier alpha value is -3.68. The van der Waals surface area contributed by atoms with Crippen molar-refractivity contribution in [3.8, 4) is 5.75 Å². The summed E-state index contributed by atoms with van der Waals surface area (Å²) in [5, 5.41) is 13.1. The lowest BCUT2D eigenvalue weighted by molar-refractivity contribution is -0.126. The van der Waals surface area contributed by atoms with Crippen LogP contribution in [0.25, 0.3) is 0 Å². The van der Waals surface area contributed by atoms with E-state index in [9.17, 15) is 14.4 Å². The van der Waals surface area contributed by atoms with Gasteiger partial charge in [0.15, 0.2) is 0 Å². The van der Waals surface area contributed by atoms with Crippen LogP contribution in [0.4, 0.5) is 0 Å². The van der Waals surface area contributed by atoms with Crippen molar-refractivity contribution in [2.45, 2.75) is 12.8 Å². The van der Waals surface area contributed by atoms with Crippen molar-refractivity contribution in [3.63, 3.8) is 0 Å². The van der Waals surface area contributed by atoms with Gasteiger partial charge in [0.05, 0.1) is 18.9 Å². The van der Waals surface area contributed by atoms with Crippen molar-refractivity contribution in [1.29, 1.82) is 0 Å². The number of hydrazone groups is 1. The van der Waals surface area contributed by atoms with E-state index in [0.29, 0.717) is 42.8 Å². The number of carbonyl (C=O) groups excluding carboxylic acids is 2. The number of methoxy groups -OCH3 is 1. The SMILES string of the molecule is COc1ccc(C(=O)N2CCC(C(=O)NN=Cc3ccccc3C(=O)O)CC2)cc1. The first kappa shape index (κ1) is 21.0. The van der Waals surface area contributed by atoms with Crippen molar-refractivity contribution < 1.29 is 24.2 Å². The number of benzene rings is 2. The van der Waals surface area contributed by atoms with Crippen molar-refractivity contribution in [2.24, 2.45) is 11.0 Å². The van der Waals surface area contributed by atoms with E-state index in [2.05, 4.69) is 10.5 Å². The Kier molecular flexibility index (Phi) is 6.79. The molecule has 2 amide bonds. The Morgan fingerprint density at radius 2 is 1.77 bits per heavy atom. The molecule has 8 nitrogen and oxygen atoms in total. The van der Waals surface area contributed by atoms with Crippen LogP contribution in [0.5, 0.6) is 5.75 Å². The number of aromatic carboxylic acids is 1. The summed E-state index contributed by atoms with van der Waals surface area (Å²) in [6.45, 7) is 0.961. The molecule has 0 radical (unpaired) electrons. The molecule has 3 rings (SSSR count). The number of piperidine rings is 1. The largest absolute Gasteiger partial charge is 0.497 e. The fraction of sp³-hybridized carbons (Fsp3) is 0.273. The quantitative estimate of drug-likeness (QED) is 0.563. The van der Waals surface area contributed by atoms with Gasteiger partial charge < -0.3 is 14.7 Å². The van der Waals surface area contributed by atoms with E-state index in [4.69, 9.17) is 9.84 Å². The minimum Gasteiger partial charge on any atom is -0.497 e. The van der Waals surface area contributed by atoms with Gasteiger partial charge >= 0.3 is 5.97 Å². The highest BCUT2D eigenvalue weighted by molar-refractivity contribution is 5.98. The highest BCUT2D eigenvalue weighted by Crippen LogP contribution is 2.20. The molecule has 1 fully saturated rings. The molecule has 0 spiro atoms. The van der Waals surface area contributed by atoms with Gasteiger partial charge in [-0.05, 0) is 43.2 Å². The maximum absolute atomic E-state index is 12.6. The summed E-state index contributed by atoms with van der Waals surface area (Å²) in [4.78, 5) is 37.9. The number of ether oxygens (including phenoxy) is 1. The molecular weight excluding hydrogens is 386 g/mol. The molecule has 30 heavy (non-hydrogen) atoms. The summed E-state index contributed by atoms with van der Waals surface area (Å²) < 4.78 is 5.10. The number of likely N-dealkylation sites (tertiary alicyclic amines) is 1. The number of hydrogen-bond donors (Lipinski definition) is 2. The first-order chi connectivity index (χ1) is 14.5. The number of rotatable bonds is 6. The highest BCUT2D eigenvalue weighted by Gasteiger charge is 2.27. The van der Waals surface area contributed by atoms with E-state index >= 15 is 0 Å². The Morgan fingerprint density at radius 1 is 1.10 bits per heavy atom.